The maximum Gasteiger partial charge on any atom is 0.273 e. The van der Waals surface area contributed by atoms with Gasteiger partial charge in [0.1, 0.15) is 0 Å². The number of carbonyl (C=O) groups excluding carboxylic acids is 1. The third kappa shape index (κ3) is 5.32. The second-order valence-corrected chi connectivity index (χ2v) is 7.79. The van der Waals surface area contributed by atoms with Crippen LogP contribution in [0.5, 0.6) is 0 Å². The van der Waals surface area contributed by atoms with Crippen molar-refractivity contribution in [1.82, 2.24) is 25.2 Å². The first kappa shape index (κ1) is 19.4. The molecule has 0 unspecified atom stereocenters. The van der Waals surface area contributed by atoms with Gasteiger partial charge in [-0.1, -0.05) is 35.5 Å². The molecule has 0 bridgehead atoms. The summed E-state index contributed by atoms with van der Waals surface area (Å²) in [5.74, 6) is 1.24. The van der Waals surface area contributed by atoms with Gasteiger partial charge in [-0.05, 0) is 43.8 Å². The molecule has 1 saturated heterocycles. The summed E-state index contributed by atoms with van der Waals surface area (Å²) in [7, 11) is 1.85. The Bertz CT molecular complexity index is 926. The number of piperidine rings is 1. The van der Waals surface area contributed by atoms with Crippen molar-refractivity contribution in [3.63, 3.8) is 0 Å². The van der Waals surface area contributed by atoms with Crippen LogP contribution < -0.4 is 5.32 Å². The van der Waals surface area contributed by atoms with Crippen molar-refractivity contribution in [2.24, 2.45) is 13.0 Å². The molecule has 1 amide bonds. The molecule has 7 nitrogen and oxygen atoms in total. The number of amides is 1. The molecule has 3 aromatic rings. The van der Waals surface area contributed by atoms with Crippen LogP contribution in [0.4, 0.5) is 0 Å². The molecule has 0 radical (unpaired) electrons. The highest BCUT2D eigenvalue weighted by Crippen LogP contribution is 2.23. The van der Waals surface area contributed by atoms with E-state index >= 15 is 0 Å². The summed E-state index contributed by atoms with van der Waals surface area (Å²) >= 11 is 0. The zero-order chi connectivity index (χ0) is 20.1. The van der Waals surface area contributed by atoms with E-state index in [0.717, 1.165) is 36.8 Å². The van der Waals surface area contributed by atoms with E-state index in [0.29, 0.717) is 18.8 Å². The monoisotopic (exact) mass is 393 g/mol. The van der Waals surface area contributed by atoms with Gasteiger partial charge in [-0.15, -0.1) is 0 Å². The molecular weight excluding hydrogens is 366 g/mol. The lowest BCUT2D eigenvalue weighted by Crippen LogP contribution is -2.33. The van der Waals surface area contributed by atoms with Crippen molar-refractivity contribution in [1.29, 1.82) is 0 Å². The Morgan fingerprint density at radius 2 is 2.00 bits per heavy atom. The lowest BCUT2D eigenvalue weighted by molar-refractivity contribution is 0.0941. The molecule has 7 heteroatoms. The molecule has 0 aliphatic carbocycles. The highest BCUT2D eigenvalue weighted by atomic mass is 16.5. The minimum atomic E-state index is -0.231. The van der Waals surface area contributed by atoms with E-state index in [1.54, 1.807) is 16.9 Å². The molecular formula is C22H27N5O2. The van der Waals surface area contributed by atoms with Gasteiger partial charge in [-0.3, -0.25) is 14.4 Å². The van der Waals surface area contributed by atoms with E-state index in [1.807, 2.05) is 13.2 Å². The molecule has 0 spiro atoms. The number of likely N-dealkylation sites (tertiary alicyclic amines) is 1. The summed E-state index contributed by atoms with van der Waals surface area (Å²) in [6.07, 6.45) is 7.12. The Morgan fingerprint density at radius 3 is 2.72 bits per heavy atom. The highest BCUT2D eigenvalue weighted by molar-refractivity contribution is 5.92. The van der Waals surface area contributed by atoms with E-state index in [1.165, 1.54) is 18.4 Å². The second kappa shape index (κ2) is 9.05. The van der Waals surface area contributed by atoms with E-state index in [4.69, 9.17) is 4.52 Å². The van der Waals surface area contributed by atoms with Crippen LogP contribution in [0.2, 0.25) is 0 Å². The number of nitrogens with one attached hydrogen (secondary N) is 1. The zero-order valence-electron chi connectivity index (χ0n) is 16.8. The topological polar surface area (TPSA) is 76.2 Å². The number of hydrogen-bond donors (Lipinski definition) is 1. The SMILES string of the molecule is Cn1cc(CNC(=O)c2cc(CN3CCC(Cc4ccccc4)CC3)on2)cn1. The molecule has 1 aromatic carbocycles. The molecule has 4 rings (SSSR count). The van der Waals surface area contributed by atoms with Gasteiger partial charge in [0.25, 0.3) is 5.91 Å². The first-order valence-electron chi connectivity index (χ1n) is 10.1. The minimum absolute atomic E-state index is 0.231. The molecule has 0 atom stereocenters. The quantitative estimate of drug-likeness (QED) is 0.668. The van der Waals surface area contributed by atoms with Crippen LogP contribution in [0.25, 0.3) is 0 Å². The predicted molar refractivity (Wildman–Crippen MR) is 109 cm³/mol. The van der Waals surface area contributed by atoms with Crippen LogP contribution in [-0.2, 0) is 26.6 Å². The summed E-state index contributed by atoms with van der Waals surface area (Å²) < 4.78 is 7.11. The van der Waals surface area contributed by atoms with Crippen molar-refractivity contribution in [3.8, 4) is 0 Å². The summed E-state index contributed by atoms with van der Waals surface area (Å²) in [6, 6.07) is 12.5. The van der Waals surface area contributed by atoms with E-state index in [-0.39, 0.29) is 5.91 Å². The maximum atomic E-state index is 12.3. The van der Waals surface area contributed by atoms with Gasteiger partial charge in [0.05, 0.1) is 12.7 Å². The number of rotatable bonds is 7. The van der Waals surface area contributed by atoms with Crippen LogP contribution >= 0.6 is 0 Å². The Labute approximate surface area is 170 Å². The van der Waals surface area contributed by atoms with E-state index in [9.17, 15) is 4.79 Å². The molecule has 1 aliphatic heterocycles. The van der Waals surface area contributed by atoms with Gasteiger partial charge in [0.15, 0.2) is 11.5 Å². The molecule has 0 saturated carbocycles. The molecule has 1 fully saturated rings. The normalized spacial score (nSPS) is 15.5. The van der Waals surface area contributed by atoms with Crippen molar-refractivity contribution >= 4 is 5.91 Å². The summed E-state index contributed by atoms with van der Waals surface area (Å²) in [5.41, 5.74) is 2.69. The third-order valence-electron chi connectivity index (χ3n) is 5.46. The van der Waals surface area contributed by atoms with Gasteiger partial charge in [-0.2, -0.15) is 5.10 Å². The number of benzene rings is 1. The average Bonchev–Trinajstić information content (AvgIpc) is 3.37. The van der Waals surface area contributed by atoms with Gasteiger partial charge in [-0.25, -0.2) is 0 Å². The van der Waals surface area contributed by atoms with Gasteiger partial charge in [0.2, 0.25) is 0 Å². The number of aromatic nitrogens is 3. The Morgan fingerprint density at radius 1 is 1.21 bits per heavy atom. The molecule has 152 valence electrons. The highest BCUT2D eigenvalue weighted by Gasteiger charge is 2.21. The van der Waals surface area contributed by atoms with Gasteiger partial charge in [0, 0.05) is 31.4 Å². The largest absolute Gasteiger partial charge is 0.359 e. The summed E-state index contributed by atoms with van der Waals surface area (Å²) in [6.45, 7) is 3.20. The number of hydrogen-bond acceptors (Lipinski definition) is 5. The smallest absolute Gasteiger partial charge is 0.273 e. The van der Waals surface area contributed by atoms with Crippen LogP contribution in [0.15, 0.2) is 53.3 Å². The number of nitrogens with zero attached hydrogens (tertiary/aromatic N) is 4. The van der Waals surface area contributed by atoms with Gasteiger partial charge >= 0.3 is 0 Å². The number of carbonyl (C=O) groups is 1. The van der Waals surface area contributed by atoms with Crippen LogP contribution in [0.1, 0.15) is 40.2 Å². The third-order valence-corrected chi connectivity index (χ3v) is 5.46. The first-order valence-corrected chi connectivity index (χ1v) is 10.1. The van der Waals surface area contributed by atoms with E-state index < -0.39 is 0 Å². The Hall–Kier alpha value is -2.93. The van der Waals surface area contributed by atoms with E-state index in [2.05, 4.69) is 50.8 Å². The standard InChI is InChI=1S/C22H27N5O2/c1-26-15-19(14-24-26)13-23-22(28)21-12-20(29-25-21)16-27-9-7-18(8-10-27)11-17-5-3-2-4-6-17/h2-6,12,14-15,18H,7-11,13,16H2,1H3,(H,23,28). The van der Waals surface area contributed by atoms with Crippen LogP contribution in [-0.4, -0.2) is 38.8 Å². The van der Waals surface area contributed by atoms with Crippen molar-refractivity contribution in [2.75, 3.05) is 13.1 Å². The van der Waals surface area contributed by atoms with Crippen molar-refractivity contribution in [2.45, 2.75) is 32.4 Å². The molecule has 29 heavy (non-hydrogen) atoms. The summed E-state index contributed by atoms with van der Waals surface area (Å²) in [4.78, 5) is 14.6. The lowest BCUT2D eigenvalue weighted by Gasteiger charge is -2.31. The molecule has 1 N–H and O–H groups in total. The molecule has 2 aromatic heterocycles. The molecule has 3 heterocycles. The van der Waals surface area contributed by atoms with Gasteiger partial charge < -0.3 is 9.84 Å². The fourth-order valence-electron chi connectivity index (χ4n) is 3.85. The summed E-state index contributed by atoms with van der Waals surface area (Å²) in [5, 5.41) is 10.9. The second-order valence-electron chi connectivity index (χ2n) is 7.79. The fourth-order valence-corrected chi connectivity index (χ4v) is 3.85. The maximum absolute atomic E-state index is 12.3. The Kier molecular flexibility index (Phi) is 6.05. The van der Waals surface area contributed by atoms with Crippen molar-refractivity contribution in [3.05, 3.63) is 71.4 Å². The fraction of sp³-hybridized carbons (Fsp3) is 0.409. The zero-order valence-corrected chi connectivity index (χ0v) is 16.8. The predicted octanol–water partition coefficient (Wildman–Crippen LogP) is 2.79. The average molecular weight is 393 g/mol. The minimum Gasteiger partial charge on any atom is -0.359 e. The lowest BCUT2D eigenvalue weighted by atomic mass is 9.90. The van der Waals surface area contributed by atoms with Crippen LogP contribution in [0.3, 0.4) is 0 Å². The molecule has 1 aliphatic rings. The van der Waals surface area contributed by atoms with Crippen molar-refractivity contribution < 1.29 is 9.32 Å². The Balaban J connectivity index is 1.22. The van der Waals surface area contributed by atoms with Crippen LogP contribution in [0, 0.1) is 5.92 Å². The first-order chi connectivity index (χ1) is 14.2. The number of aryl methyl sites for hydroxylation is 1.